The van der Waals surface area contributed by atoms with Gasteiger partial charge in [0.1, 0.15) is 5.52 Å². The van der Waals surface area contributed by atoms with Crippen LogP contribution in [0.4, 0.5) is 13.2 Å². The van der Waals surface area contributed by atoms with E-state index in [0.29, 0.717) is 48.4 Å². The molecule has 0 unspecified atom stereocenters. The van der Waals surface area contributed by atoms with Crippen molar-refractivity contribution in [1.29, 1.82) is 0 Å². The van der Waals surface area contributed by atoms with Crippen LogP contribution in [-0.4, -0.2) is 81.0 Å². The number of nitrogens with zero attached hydrogens (tertiary/aromatic N) is 5. The second kappa shape index (κ2) is 8.45. The Labute approximate surface area is 203 Å². The van der Waals surface area contributed by atoms with Crippen LogP contribution in [-0.2, 0) is 0 Å². The molecule has 1 saturated carbocycles. The van der Waals surface area contributed by atoms with E-state index in [4.69, 9.17) is 4.74 Å². The van der Waals surface area contributed by atoms with Crippen molar-refractivity contribution in [2.45, 2.75) is 24.9 Å². The average Bonchev–Trinajstić information content (AvgIpc) is 3.26. The van der Waals surface area contributed by atoms with E-state index in [1.54, 1.807) is 29.2 Å². The van der Waals surface area contributed by atoms with Crippen molar-refractivity contribution in [3.05, 3.63) is 47.2 Å². The van der Waals surface area contributed by atoms with Gasteiger partial charge in [0.2, 0.25) is 5.88 Å². The van der Waals surface area contributed by atoms with Gasteiger partial charge in [0, 0.05) is 55.3 Å². The summed E-state index contributed by atoms with van der Waals surface area (Å²) in [6.45, 7) is 0.728. The molecule has 0 bridgehead atoms. The molecule has 1 aliphatic carbocycles. The molecule has 188 valence electrons. The number of fused-ring (bicyclic) bond motifs is 2. The van der Waals surface area contributed by atoms with Crippen molar-refractivity contribution in [1.82, 2.24) is 30.2 Å². The number of pyridine rings is 1. The number of ether oxygens (including phenoxy) is 1. The first-order chi connectivity index (χ1) is 17.2. The van der Waals surface area contributed by atoms with E-state index >= 15 is 0 Å². The standard InChI is InChI=1S/C24H23F3N6O3/c25-24(26,27)12-36-21-18(13-1-2-13)5-15(7-28-21)23(35)33-10-16-8-32(9-17(16)11-33)22(34)14-3-4-19-20(6-14)30-31-29-19/h3-7,13,16-17H,1-2,8-12H2,(H,29,30,31)/t16-,17-/m1/s1. The van der Waals surface area contributed by atoms with E-state index < -0.39 is 12.8 Å². The van der Waals surface area contributed by atoms with E-state index in [-0.39, 0.29) is 35.4 Å². The number of alkyl halides is 3. The van der Waals surface area contributed by atoms with Crippen LogP contribution >= 0.6 is 0 Å². The maximum atomic E-state index is 13.2. The normalized spacial score (nSPS) is 21.8. The summed E-state index contributed by atoms with van der Waals surface area (Å²) in [4.78, 5) is 33.9. The minimum absolute atomic E-state index is 0.0531. The van der Waals surface area contributed by atoms with Crippen LogP contribution in [0.25, 0.3) is 11.0 Å². The average molecular weight is 500 g/mol. The SMILES string of the molecule is O=C(c1cnc(OCC(F)(F)F)c(C2CC2)c1)N1C[C@H]2CN(C(=O)c3ccc4[nH]nnc4c3)C[C@@H]2C1. The number of aromatic nitrogens is 4. The van der Waals surface area contributed by atoms with E-state index in [2.05, 4.69) is 20.4 Å². The van der Waals surface area contributed by atoms with Gasteiger partial charge in [-0.3, -0.25) is 14.7 Å². The molecule has 1 N–H and O–H groups in total. The molecule has 9 nitrogen and oxygen atoms in total. The predicted octanol–water partition coefficient (Wildman–Crippen LogP) is 3.02. The Bertz CT molecular complexity index is 1320. The zero-order valence-corrected chi connectivity index (χ0v) is 19.2. The molecule has 3 aromatic rings. The number of benzene rings is 1. The van der Waals surface area contributed by atoms with Gasteiger partial charge >= 0.3 is 6.18 Å². The smallest absolute Gasteiger partial charge is 0.422 e. The monoisotopic (exact) mass is 500 g/mol. The quantitative estimate of drug-likeness (QED) is 0.578. The zero-order chi connectivity index (χ0) is 25.0. The molecule has 1 aromatic carbocycles. The number of aromatic amines is 1. The summed E-state index contributed by atoms with van der Waals surface area (Å²) in [5, 5.41) is 10.5. The highest BCUT2D eigenvalue weighted by Crippen LogP contribution is 2.44. The lowest BCUT2D eigenvalue weighted by molar-refractivity contribution is -0.154. The van der Waals surface area contributed by atoms with Gasteiger partial charge in [0.25, 0.3) is 11.8 Å². The molecular weight excluding hydrogens is 477 g/mol. The Kier molecular flexibility index (Phi) is 5.34. The van der Waals surface area contributed by atoms with Crippen molar-refractivity contribution >= 4 is 22.8 Å². The van der Waals surface area contributed by atoms with Gasteiger partial charge in [-0.25, -0.2) is 4.98 Å². The third-order valence-corrected chi connectivity index (χ3v) is 7.15. The van der Waals surface area contributed by atoms with Gasteiger partial charge in [-0.15, -0.1) is 5.10 Å². The molecule has 0 spiro atoms. The van der Waals surface area contributed by atoms with Crippen molar-refractivity contribution in [3.8, 4) is 5.88 Å². The van der Waals surface area contributed by atoms with Crippen LogP contribution in [0, 0.1) is 11.8 Å². The molecular formula is C24H23F3N6O3. The second-order valence-electron chi connectivity index (χ2n) is 9.78. The molecule has 2 saturated heterocycles. The topological polar surface area (TPSA) is 104 Å². The highest BCUT2D eigenvalue weighted by molar-refractivity contribution is 5.97. The maximum absolute atomic E-state index is 13.2. The first kappa shape index (κ1) is 22.7. The van der Waals surface area contributed by atoms with E-state index in [1.807, 2.05) is 4.90 Å². The molecule has 2 aliphatic heterocycles. The molecule has 4 heterocycles. The molecule has 3 aliphatic rings. The Morgan fingerprint density at radius 3 is 2.31 bits per heavy atom. The number of nitrogens with one attached hydrogen (secondary N) is 1. The van der Waals surface area contributed by atoms with E-state index in [1.165, 1.54) is 6.20 Å². The van der Waals surface area contributed by atoms with Crippen LogP contribution < -0.4 is 4.74 Å². The lowest BCUT2D eigenvalue weighted by Crippen LogP contribution is -2.35. The summed E-state index contributed by atoms with van der Waals surface area (Å²) in [6.07, 6.45) is -1.49. The third kappa shape index (κ3) is 4.35. The summed E-state index contributed by atoms with van der Waals surface area (Å²) in [5.74, 6) is 0.0819. The lowest BCUT2D eigenvalue weighted by atomic mass is 10.0. The largest absolute Gasteiger partial charge is 0.468 e. The number of H-pyrrole nitrogens is 1. The van der Waals surface area contributed by atoms with Gasteiger partial charge in [-0.05, 0) is 43.0 Å². The summed E-state index contributed by atoms with van der Waals surface area (Å²) in [6, 6.07) is 6.88. The van der Waals surface area contributed by atoms with Crippen molar-refractivity contribution in [2.24, 2.45) is 11.8 Å². The molecule has 6 rings (SSSR count). The van der Waals surface area contributed by atoms with Crippen LogP contribution in [0.15, 0.2) is 30.5 Å². The zero-order valence-electron chi connectivity index (χ0n) is 19.2. The van der Waals surface area contributed by atoms with Crippen LogP contribution in [0.3, 0.4) is 0 Å². The minimum atomic E-state index is -4.46. The van der Waals surface area contributed by atoms with Crippen LogP contribution in [0.5, 0.6) is 5.88 Å². The van der Waals surface area contributed by atoms with Gasteiger partial charge in [-0.2, -0.15) is 13.2 Å². The first-order valence-corrected chi connectivity index (χ1v) is 11.8. The number of halogens is 3. The maximum Gasteiger partial charge on any atom is 0.422 e. The van der Waals surface area contributed by atoms with Crippen LogP contribution in [0.2, 0.25) is 0 Å². The van der Waals surface area contributed by atoms with Gasteiger partial charge in [0.05, 0.1) is 11.1 Å². The van der Waals surface area contributed by atoms with E-state index in [9.17, 15) is 22.8 Å². The molecule has 0 radical (unpaired) electrons. The first-order valence-electron chi connectivity index (χ1n) is 11.8. The highest BCUT2D eigenvalue weighted by Gasteiger charge is 2.43. The van der Waals surface area contributed by atoms with Gasteiger partial charge in [0.15, 0.2) is 6.61 Å². The summed E-state index contributed by atoms with van der Waals surface area (Å²) in [7, 11) is 0. The van der Waals surface area contributed by atoms with Crippen molar-refractivity contribution in [3.63, 3.8) is 0 Å². The second-order valence-corrected chi connectivity index (χ2v) is 9.78. The molecule has 12 heteroatoms. The molecule has 2 atom stereocenters. The Hall–Kier alpha value is -3.70. The fraction of sp³-hybridized carbons (Fsp3) is 0.458. The van der Waals surface area contributed by atoms with Crippen molar-refractivity contribution in [2.75, 3.05) is 32.8 Å². The predicted molar refractivity (Wildman–Crippen MR) is 120 cm³/mol. The number of carbonyl (C=O) groups excluding carboxylic acids is 2. The summed E-state index contributed by atoms with van der Waals surface area (Å²) >= 11 is 0. The fourth-order valence-electron chi connectivity index (χ4n) is 5.21. The highest BCUT2D eigenvalue weighted by atomic mass is 19.4. The Balaban J connectivity index is 1.11. The summed E-state index contributed by atoms with van der Waals surface area (Å²) < 4.78 is 42.7. The number of rotatable bonds is 5. The number of carbonyl (C=O) groups is 2. The molecule has 2 amide bonds. The Morgan fingerprint density at radius 2 is 1.67 bits per heavy atom. The number of amides is 2. The number of likely N-dealkylation sites (tertiary alicyclic amines) is 2. The van der Waals surface area contributed by atoms with Crippen LogP contribution in [0.1, 0.15) is 45.0 Å². The lowest BCUT2D eigenvalue weighted by Gasteiger charge is -2.22. The number of hydrogen-bond acceptors (Lipinski definition) is 6. The molecule has 3 fully saturated rings. The summed E-state index contributed by atoms with van der Waals surface area (Å²) in [5.41, 5.74) is 2.86. The minimum Gasteiger partial charge on any atom is -0.468 e. The molecule has 2 aromatic heterocycles. The number of hydrogen-bond donors (Lipinski definition) is 1. The third-order valence-electron chi connectivity index (χ3n) is 7.15. The van der Waals surface area contributed by atoms with Gasteiger partial charge < -0.3 is 14.5 Å². The van der Waals surface area contributed by atoms with E-state index in [0.717, 1.165) is 18.4 Å². The van der Waals surface area contributed by atoms with Crippen molar-refractivity contribution < 1.29 is 27.5 Å². The Morgan fingerprint density at radius 1 is 1.00 bits per heavy atom. The molecule has 36 heavy (non-hydrogen) atoms. The van der Waals surface area contributed by atoms with Gasteiger partial charge in [-0.1, -0.05) is 5.21 Å². The fourth-order valence-corrected chi connectivity index (χ4v) is 5.21.